The molecule has 0 fully saturated rings. The smallest absolute Gasteiger partial charge is 0.335 e. The molecule has 1 aromatic heterocycles. The Balaban J connectivity index is 0.00000220. The summed E-state index contributed by atoms with van der Waals surface area (Å²) in [5.41, 5.74) is 1.16. The van der Waals surface area contributed by atoms with Crippen molar-refractivity contribution in [1.29, 1.82) is 0 Å². The van der Waals surface area contributed by atoms with Gasteiger partial charge in [-0.25, -0.2) is 4.79 Å². The summed E-state index contributed by atoms with van der Waals surface area (Å²) in [6.45, 7) is 3.86. The molecule has 21 heavy (non-hydrogen) atoms. The van der Waals surface area contributed by atoms with Gasteiger partial charge in [-0.3, -0.25) is 0 Å². The molecule has 1 heterocycles. The molecule has 0 spiro atoms. The zero-order valence-corrected chi connectivity index (χ0v) is 12.7. The van der Waals surface area contributed by atoms with Crippen LogP contribution in [0.1, 0.15) is 35.9 Å². The molecule has 1 aromatic carbocycles. The highest BCUT2D eigenvalue weighted by atomic mass is 35.5. The van der Waals surface area contributed by atoms with Crippen LogP contribution >= 0.6 is 0 Å². The van der Waals surface area contributed by atoms with Crippen LogP contribution in [0.25, 0.3) is 11.3 Å². The van der Waals surface area contributed by atoms with Crippen LogP contribution in [-0.4, -0.2) is 17.6 Å². The first-order valence-corrected chi connectivity index (χ1v) is 6.84. The number of carboxylic acids is 1. The Morgan fingerprint density at radius 2 is 1.90 bits per heavy atom. The first kappa shape index (κ1) is 17.3. The second-order valence-corrected chi connectivity index (χ2v) is 4.68. The van der Waals surface area contributed by atoms with Gasteiger partial charge in [0.15, 0.2) is 0 Å². The van der Waals surface area contributed by atoms with E-state index in [0.717, 1.165) is 30.0 Å². The summed E-state index contributed by atoms with van der Waals surface area (Å²) >= 11 is 0. The number of hydrogen-bond acceptors (Lipinski definition) is 3. The third-order valence-electron chi connectivity index (χ3n) is 3.08. The van der Waals surface area contributed by atoms with E-state index in [-0.39, 0.29) is 18.0 Å². The van der Waals surface area contributed by atoms with Crippen molar-refractivity contribution < 1.29 is 26.7 Å². The summed E-state index contributed by atoms with van der Waals surface area (Å²) in [6, 6.07) is 10.5. The molecule has 2 aromatic rings. The van der Waals surface area contributed by atoms with Gasteiger partial charge in [0.05, 0.1) is 12.1 Å². The highest BCUT2D eigenvalue weighted by molar-refractivity contribution is 5.88. The fraction of sp³-hybridized carbons (Fsp3) is 0.312. The van der Waals surface area contributed by atoms with Crippen molar-refractivity contribution in [3.8, 4) is 11.3 Å². The lowest BCUT2D eigenvalue weighted by molar-refractivity contribution is -0.0000202. The summed E-state index contributed by atoms with van der Waals surface area (Å²) < 4.78 is 5.74. The van der Waals surface area contributed by atoms with Gasteiger partial charge in [0.25, 0.3) is 0 Å². The molecule has 2 rings (SSSR count). The Hall–Kier alpha value is -1.78. The maximum absolute atomic E-state index is 10.8. The normalized spacial score (nSPS) is 10.1. The summed E-state index contributed by atoms with van der Waals surface area (Å²) in [4.78, 5) is 10.8. The Morgan fingerprint density at radius 3 is 2.52 bits per heavy atom. The SMILES string of the molecule is CCCCNCc1ccc(-c2ccc(C(=O)O)cc2)o1.[Cl-]. The molecule has 0 unspecified atom stereocenters. The zero-order chi connectivity index (χ0) is 14.4. The van der Waals surface area contributed by atoms with Crippen LogP contribution in [0.15, 0.2) is 40.8 Å². The highest BCUT2D eigenvalue weighted by Gasteiger charge is 2.06. The predicted octanol–water partition coefficient (Wildman–Crippen LogP) is 0.538. The number of unbranched alkanes of at least 4 members (excludes halogenated alkanes) is 1. The van der Waals surface area contributed by atoms with Crippen LogP contribution < -0.4 is 17.7 Å². The van der Waals surface area contributed by atoms with Crippen LogP contribution in [0.5, 0.6) is 0 Å². The maximum atomic E-state index is 10.8. The van der Waals surface area contributed by atoms with Crippen LogP contribution in [0.4, 0.5) is 0 Å². The Bertz CT molecular complexity index is 563. The van der Waals surface area contributed by atoms with Crippen molar-refractivity contribution in [1.82, 2.24) is 5.32 Å². The molecule has 5 heteroatoms. The molecule has 0 aliphatic carbocycles. The van der Waals surface area contributed by atoms with E-state index in [1.807, 2.05) is 12.1 Å². The fourth-order valence-electron chi connectivity index (χ4n) is 1.92. The van der Waals surface area contributed by atoms with E-state index in [2.05, 4.69) is 12.2 Å². The third kappa shape index (κ3) is 4.92. The number of hydrogen-bond donors (Lipinski definition) is 2. The quantitative estimate of drug-likeness (QED) is 0.733. The number of nitrogens with one attached hydrogen (secondary N) is 1. The third-order valence-corrected chi connectivity index (χ3v) is 3.08. The van der Waals surface area contributed by atoms with Crippen molar-refractivity contribution in [2.45, 2.75) is 26.3 Å². The predicted molar refractivity (Wildman–Crippen MR) is 77.7 cm³/mol. The van der Waals surface area contributed by atoms with Crippen LogP contribution in [0, 0.1) is 0 Å². The van der Waals surface area contributed by atoms with Gasteiger partial charge in [0.2, 0.25) is 0 Å². The van der Waals surface area contributed by atoms with Gasteiger partial charge in [0.1, 0.15) is 11.5 Å². The molecule has 114 valence electrons. The molecule has 0 saturated heterocycles. The van der Waals surface area contributed by atoms with Crippen LogP contribution in [0.3, 0.4) is 0 Å². The minimum atomic E-state index is -0.920. The molecule has 0 saturated carbocycles. The second-order valence-electron chi connectivity index (χ2n) is 4.68. The van der Waals surface area contributed by atoms with E-state index in [9.17, 15) is 4.79 Å². The minimum Gasteiger partial charge on any atom is -1.00 e. The molecule has 2 N–H and O–H groups in total. The number of furan rings is 1. The summed E-state index contributed by atoms with van der Waals surface area (Å²) in [6.07, 6.45) is 2.33. The molecule has 0 atom stereocenters. The van der Waals surface area contributed by atoms with Crippen molar-refractivity contribution in [2.75, 3.05) is 6.54 Å². The van der Waals surface area contributed by atoms with E-state index < -0.39 is 5.97 Å². The zero-order valence-electron chi connectivity index (χ0n) is 11.9. The number of aromatic carboxylic acids is 1. The number of benzene rings is 1. The van der Waals surface area contributed by atoms with Crippen molar-refractivity contribution in [3.63, 3.8) is 0 Å². The van der Waals surface area contributed by atoms with Gasteiger partial charge >= 0.3 is 5.97 Å². The first-order chi connectivity index (χ1) is 9.70. The topological polar surface area (TPSA) is 62.5 Å². The number of carbonyl (C=O) groups is 1. The van der Waals surface area contributed by atoms with Crippen LogP contribution in [0.2, 0.25) is 0 Å². The minimum absolute atomic E-state index is 0. The molecule has 0 aliphatic heterocycles. The standard InChI is InChI=1S/C16H19NO3.ClH/c1-2-3-10-17-11-14-8-9-15(20-14)12-4-6-13(7-5-12)16(18)19;/h4-9,17H,2-3,10-11H2,1H3,(H,18,19);1H/p-1. The number of carboxylic acid groups (broad SMARTS) is 1. The maximum Gasteiger partial charge on any atom is 0.335 e. The van der Waals surface area contributed by atoms with E-state index >= 15 is 0 Å². The van der Waals surface area contributed by atoms with E-state index in [1.165, 1.54) is 6.42 Å². The van der Waals surface area contributed by atoms with Crippen molar-refractivity contribution >= 4 is 5.97 Å². The lowest BCUT2D eigenvalue weighted by Gasteiger charge is -2.01. The Labute approximate surface area is 130 Å². The van der Waals surface area contributed by atoms with E-state index in [0.29, 0.717) is 6.54 Å². The molecule has 0 amide bonds. The highest BCUT2D eigenvalue weighted by Crippen LogP contribution is 2.22. The van der Waals surface area contributed by atoms with Gasteiger partial charge < -0.3 is 27.2 Å². The van der Waals surface area contributed by atoms with Gasteiger partial charge in [-0.1, -0.05) is 25.5 Å². The molecular formula is C16H19ClNO3-. The Morgan fingerprint density at radius 1 is 1.19 bits per heavy atom. The van der Waals surface area contributed by atoms with Gasteiger partial charge in [0, 0.05) is 5.56 Å². The number of halogens is 1. The summed E-state index contributed by atoms with van der Waals surface area (Å²) in [7, 11) is 0. The fourth-order valence-corrected chi connectivity index (χ4v) is 1.92. The van der Waals surface area contributed by atoms with E-state index in [1.54, 1.807) is 24.3 Å². The molecule has 0 radical (unpaired) electrons. The van der Waals surface area contributed by atoms with Crippen molar-refractivity contribution in [2.24, 2.45) is 0 Å². The molecule has 4 nitrogen and oxygen atoms in total. The lowest BCUT2D eigenvalue weighted by Crippen LogP contribution is -3.00. The average molecular weight is 309 g/mol. The monoisotopic (exact) mass is 308 g/mol. The van der Waals surface area contributed by atoms with Crippen molar-refractivity contribution in [3.05, 3.63) is 47.7 Å². The lowest BCUT2D eigenvalue weighted by atomic mass is 10.1. The average Bonchev–Trinajstić information content (AvgIpc) is 2.92. The Kier molecular flexibility index (Phi) is 6.99. The molecule has 0 bridgehead atoms. The first-order valence-electron chi connectivity index (χ1n) is 6.84. The summed E-state index contributed by atoms with van der Waals surface area (Å²) in [5.74, 6) is 0.726. The molecule has 0 aliphatic rings. The molecular weight excluding hydrogens is 290 g/mol. The van der Waals surface area contributed by atoms with Gasteiger partial charge in [-0.15, -0.1) is 0 Å². The number of rotatable bonds is 7. The van der Waals surface area contributed by atoms with Gasteiger partial charge in [-0.05, 0) is 37.2 Å². The van der Waals surface area contributed by atoms with E-state index in [4.69, 9.17) is 9.52 Å². The van der Waals surface area contributed by atoms with Gasteiger partial charge in [-0.2, -0.15) is 0 Å². The second kappa shape index (κ2) is 8.49. The van der Waals surface area contributed by atoms with Crippen LogP contribution in [-0.2, 0) is 6.54 Å². The largest absolute Gasteiger partial charge is 1.00 e. The summed E-state index contributed by atoms with van der Waals surface area (Å²) in [5, 5.41) is 12.2.